The number of nitrogens with zero attached hydrogens (tertiary/aromatic N) is 1. The highest BCUT2D eigenvalue weighted by molar-refractivity contribution is 5.89. The van der Waals surface area contributed by atoms with Crippen molar-refractivity contribution in [2.45, 2.75) is 45.9 Å². The van der Waals surface area contributed by atoms with E-state index in [4.69, 9.17) is 4.74 Å². The summed E-state index contributed by atoms with van der Waals surface area (Å²) in [5.41, 5.74) is 1.58. The number of benzene rings is 1. The average Bonchev–Trinajstić information content (AvgIpc) is 2.47. The van der Waals surface area contributed by atoms with Gasteiger partial charge in [0.05, 0.1) is 12.2 Å². The van der Waals surface area contributed by atoms with Crippen LogP contribution in [0.15, 0.2) is 24.3 Å². The first kappa shape index (κ1) is 17.3. The van der Waals surface area contributed by atoms with Crippen LogP contribution in [0.3, 0.4) is 0 Å². The van der Waals surface area contributed by atoms with E-state index in [1.807, 2.05) is 37.8 Å². The highest BCUT2D eigenvalue weighted by atomic mass is 16.5. The van der Waals surface area contributed by atoms with Crippen LogP contribution < -0.4 is 10.6 Å². The number of anilines is 2. The van der Waals surface area contributed by atoms with Crippen molar-refractivity contribution in [3.63, 3.8) is 0 Å². The van der Waals surface area contributed by atoms with Crippen LogP contribution in [-0.2, 0) is 14.3 Å². The van der Waals surface area contributed by atoms with Gasteiger partial charge in [-0.05, 0) is 45.0 Å². The van der Waals surface area contributed by atoms with Crippen LogP contribution in [0.25, 0.3) is 0 Å². The summed E-state index contributed by atoms with van der Waals surface area (Å²) in [5.74, 6) is -0.0391. The topological polar surface area (TPSA) is 70.7 Å². The normalized spacial score (nSPS) is 22.3. The Morgan fingerprint density at radius 1 is 1.13 bits per heavy atom. The second-order valence-corrected chi connectivity index (χ2v) is 6.13. The third kappa shape index (κ3) is 4.96. The molecule has 1 fully saturated rings. The summed E-state index contributed by atoms with van der Waals surface area (Å²) in [4.78, 5) is 25.4. The van der Waals surface area contributed by atoms with Crippen molar-refractivity contribution in [1.82, 2.24) is 4.90 Å². The molecule has 0 aliphatic carbocycles. The summed E-state index contributed by atoms with van der Waals surface area (Å²) >= 11 is 0. The Bertz CT molecular complexity index is 549. The number of amides is 2. The lowest BCUT2D eigenvalue weighted by molar-refractivity contribution is -0.143. The van der Waals surface area contributed by atoms with E-state index in [1.165, 1.54) is 6.92 Å². The maximum absolute atomic E-state index is 12.6. The molecule has 0 bridgehead atoms. The SMILES string of the molecule is CC(=O)Nc1ccc(N[C@H](C)C(=O)N2C[C@H](C)O[C@@H](C)C2)cc1. The number of hydrogen-bond donors (Lipinski definition) is 2. The number of carbonyl (C=O) groups excluding carboxylic acids is 2. The molecule has 1 heterocycles. The molecule has 0 aromatic heterocycles. The standard InChI is InChI=1S/C17H25N3O3/c1-11-9-20(10-12(2)23-11)17(22)13(3)18-15-5-7-16(8-6-15)19-14(4)21/h5-8,11-13,18H,9-10H2,1-4H3,(H,19,21)/t11-,12-,13+/m0/s1. The molecule has 23 heavy (non-hydrogen) atoms. The Morgan fingerprint density at radius 2 is 1.65 bits per heavy atom. The molecule has 3 atom stereocenters. The number of nitrogens with one attached hydrogen (secondary N) is 2. The first-order valence-electron chi connectivity index (χ1n) is 7.93. The van der Waals surface area contributed by atoms with Crippen molar-refractivity contribution in [3.8, 4) is 0 Å². The van der Waals surface area contributed by atoms with Gasteiger partial charge in [-0.25, -0.2) is 0 Å². The molecule has 1 saturated heterocycles. The predicted molar refractivity (Wildman–Crippen MR) is 90.4 cm³/mol. The molecule has 1 aliphatic heterocycles. The van der Waals surface area contributed by atoms with E-state index in [1.54, 1.807) is 12.1 Å². The molecular weight excluding hydrogens is 294 g/mol. The van der Waals surface area contributed by atoms with Gasteiger partial charge in [-0.3, -0.25) is 9.59 Å². The van der Waals surface area contributed by atoms with Crippen LogP contribution in [0, 0.1) is 0 Å². The number of carbonyl (C=O) groups is 2. The van der Waals surface area contributed by atoms with Crippen LogP contribution in [0.1, 0.15) is 27.7 Å². The van der Waals surface area contributed by atoms with Gasteiger partial charge in [0.1, 0.15) is 6.04 Å². The van der Waals surface area contributed by atoms with Crippen LogP contribution in [0.5, 0.6) is 0 Å². The first-order chi connectivity index (χ1) is 10.8. The highest BCUT2D eigenvalue weighted by Gasteiger charge is 2.28. The monoisotopic (exact) mass is 319 g/mol. The summed E-state index contributed by atoms with van der Waals surface area (Å²) in [6, 6.07) is 6.98. The molecule has 6 heteroatoms. The summed E-state index contributed by atoms with van der Waals surface area (Å²) in [6.45, 7) is 8.53. The van der Waals surface area contributed by atoms with E-state index in [2.05, 4.69) is 10.6 Å². The average molecular weight is 319 g/mol. The maximum atomic E-state index is 12.6. The van der Waals surface area contributed by atoms with Crippen molar-refractivity contribution in [2.75, 3.05) is 23.7 Å². The number of hydrogen-bond acceptors (Lipinski definition) is 4. The zero-order valence-electron chi connectivity index (χ0n) is 14.1. The highest BCUT2D eigenvalue weighted by Crippen LogP contribution is 2.16. The van der Waals surface area contributed by atoms with Gasteiger partial charge in [0.25, 0.3) is 0 Å². The Kier molecular flexibility index (Phi) is 5.60. The maximum Gasteiger partial charge on any atom is 0.244 e. The quantitative estimate of drug-likeness (QED) is 0.891. The smallest absolute Gasteiger partial charge is 0.244 e. The van der Waals surface area contributed by atoms with Crippen LogP contribution >= 0.6 is 0 Å². The lowest BCUT2D eigenvalue weighted by atomic mass is 10.2. The Labute approximate surface area is 137 Å². The molecule has 2 amide bonds. The molecule has 2 rings (SSSR count). The van der Waals surface area contributed by atoms with E-state index >= 15 is 0 Å². The number of morpholine rings is 1. The Morgan fingerprint density at radius 3 is 2.17 bits per heavy atom. The van der Waals surface area contributed by atoms with Crippen LogP contribution in [-0.4, -0.2) is 48.1 Å². The first-order valence-corrected chi connectivity index (χ1v) is 7.93. The third-order valence-corrected chi connectivity index (χ3v) is 3.69. The van der Waals surface area contributed by atoms with Gasteiger partial charge in [0.15, 0.2) is 0 Å². The van der Waals surface area contributed by atoms with E-state index < -0.39 is 0 Å². The van der Waals surface area contributed by atoms with Crippen LogP contribution in [0.2, 0.25) is 0 Å². The molecule has 1 aliphatic rings. The van der Waals surface area contributed by atoms with Gasteiger partial charge in [0.2, 0.25) is 11.8 Å². The fourth-order valence-corrected chi connectivity index (χ4v) is 2.80. The lowest BCUT2D eigenvalue weighted by Crippen LogP contribution is -2.52. The minimum Gasteiger partial charge on any atom is -0.374 e. The van der Waals surface area contributed by atoms with Crippen molar-refractivity contribution >= 4 is 23.2 Å². The second kappa shape index (κ2) is 7.46. The predicted octanol–water partition coefficient (Wildman–Crippen LogP) is 2.08. The minimum absolute atomic E-state index is 0.0619. The van der Waals surface area contributed by atoms with Gasteiger partial charge in [-0.1, -0.05) is 0 Å². The molecule has 126 valence electrons. The van der Waals surface area contributed by atoms with Crippen molar-refractivity contribution < 1.29 is 14.3 Å². The van der Waals surface area contributed by atoms with Crippen molar-refractivity contribution in [3.05, 3.63) is 24.3 Å². The number of ether oxygens (including phenoxy) is 1. The van der Waals surface area contributed by atoms with Crippen LogP contribution in [0.4, 0.5) is 11.4 Å². The third-order valence-electron chi connectivity index (χ3n) is 3.69. The molecule has 0 unspecified atom stereocenters. The summed E-state index contributed by atoms with van der Waals surface area (Å²) in [6.07, 6.45) is 0.124. The summed E-state index contributed by atoms with van der Waals surface area (Å²) in [5, 5.41) is 5.92. The van der Waals surface area contributed by atoms with E-state index in [9.17, 15) is 9.59 Å². The fraction of sp³-hybridized carbons (Fsp3) is 0.529. The van der Waals surface area contributed by atoms with Gasteiger partial charge < -0.3 is 20.3 Å². The second-order valence-electron chi connectivity index (χ2n) is 6.13. The van der Waals surface area contributed by atoms with Crippen molar-refractivity contribution in [1.29, 1.82) is 0 Å². The van der Waals surface area contributed by atoms with E-state index in [0.29, 0.717) is 13.1 Å². The summed E-state index contributed by atoms with van der Waals surface area (Å²) < 4.78 is 5.66. The van der Waals surface area contributed by atoms with Gasteiger partial charge >= 0.3 is 0 Å². The molecule has 2 N–H and O–H groups in total. The van der Waals surface area contributed by atoms with Gasteiger partial charge in [0, 0.05) is 31.4 Å². The molecule has 6 nitrogen and oxygen atoms in total. The zero-order chi connectivity index (χ0) is 17.0. The minimum atomic E-state index is -0.320. The molecular formula is C17H25N3O3. The van der Waals surface area contributed by atoms with Crippen molar-refractivity contribution in [2.24, 2.45) is 0 Å². The fourth-order valence-electron chi connectivity index (χ4n) is 2.80. The number of rotatable bonds is 4. The Hall–Kier alpha value is -2.08. The largest absolute Gasteiger partial charge is 0.374 e. The van der Waals surface area contributed by atoms with Gasteiger partial charge in [-0.2, -0.15) is 0 Å². The zero-order valence-corrected chi connectivity index (χ0v) is 14.1. The molecule has 0 radical (unpaired) electrons. The lowest BCUT2D eigenvalue weighted by Gasteiger charge is -2.36. The van der Waals surface area contributed by atoms with Gasteiger partial charge in [-0.15, -0.1) is 0 Å². The molecule has 0 saturated carbocycles. The molecule has 0 spiro atoms. The molecule has 1 aromatic carbocycles. The Balaban J connectivity index is 1.94. The molecule has 1 aromatic rings. The summed E-state index contributed by atoms with van der Waals surface area (Å²) in [7, 11) is 0. The van der Waals surface area contributed by atoms with E-state index in [0.717, 1.165) is 11.4 Å². The van der Waals surface area contributed by atoms with E-state index in [-0.39, 0.29) is 30.1 Å².